The first-order valence-electron chi connectivity index (χ1n) is 11.8. The molecule has 0 amide bonds. The van der Waals surface area contributed by atoms with Crippen LogP contribution < -0.4 is 15.8 Å². The molecule has 0 spiro atoms. The highest BCUT2D eigenvalue weighted by Gasteiger charge is 2.23. The molecule has 0 fully saturated rings. The molecule has 0 saturated carbocycles. The Morgan fingerprint density at radius 1 is 0.771 bits per heavy atom. The van der Waals surface area contributed by atoms with Crippen molar-refractivity contribution in [1.82, 2.24) is 5.32 Å². The second kappa shape index (κ2) is 10.1. The number of benzene rings is 3. The van der Waals surface area contributed by atoms with Gasteiger partial charge in [-0.25, -0.2) is 8.78 Å². The Kier molecular flexibility index (Phi) is 6.53. The first-order chi connectivity index (χ1) is 17.1. The van der Waals surface area contributed by atoms with Crippen molar-refractivity contribution >= 4 is 17.9 Å². The molecular weight excluding hydrogens is 440 g/mol. The summed E-state index contributed by atoms with van der Waals surface area (Å²) in [6.07, 6.45) is 18.0. The summed E-state index contributed by atoms with van der Waals surface area (Å²) in [5, 5.41) is 5.17. The largest absolute Gasteiger partial charge is 0.368 e. The van der Waals surface area contributed by atoms with Crippen molar-refractivity contribution < 1.29 is 13.6 Å². The zero-order chi connectivity index (χ0) is 24.2. The molecule has 1 aliphatic heterocycles. The van der Waals surface area contributed by atoms with E-state index in [1.165, 1.54) is 23.8 Å². The van der Waals surface area contributed by atoms with Gasteiger partial charge in [-0.05, 0) is 101 Å². The molecule has 1 atom stereocenters. The van der Waals surface area contributed by atoms with Crippen LogP contribution in [0.1, 0.15) is 27.9 Å². The first kappa shape index (κ1) is 22.7. The van der Waals surface area contributed by atoms with Gasteiger partial charge in [-0.15, -0.1) is 0 Å². The lowest BCUT2D eigenvalue weighted by Gasteiger charge is -2.21. The van der Waals surface area contributed by atoms with Crippen molar-refractivity contribution in [2.75, 3.05) is 0 Å². The van der Waals surface area contributed by atoms with Gasteiger partial charge in [0.25, 0.3) is 0 Å². The van der Waals surface area contributed by atoms with E-state index in [2.05, 4.69) is 29.6 Å². The number of hydrogen-bond acceptors (Lipinski definition) is 2. The molecular formula is C31H25F2NO. The number of aryl methyl sites for hydroxylation is 1. The Hall–Kier alpha value is -4.05. The van der Waals surface area contributed by atoms with E-state index >= 15 is 0 Å². The maximum Gasteiger partial charge on any atom is 0.169 e. The molecule has 2 aliphatic carbocycles. The predicted molar refractivity (Wildman–Crippen MR) is 137 cm³/mol. The van der Waals surface area contributed by atoms with Gasteiger partial charge in [-0.2, -0.15) is 0 Å². The summed E-state index contributed by atoms with van der Waals surface area (Å²) in [6, 6.07) is 14.9. The summed E-state index contributed by atoms with van der Waals surface area (Å²) >= 11 is 0. The summed E-state index contributed by atoms with van der Waals surface area (Å²) in [6.45, 7) is 0. The summed E-state index contributed by atoms with van der Waals surface area (Å²) in [4.78, 5) is 12.9. The van der Waals surface area contributed by atoms with Gasteiger partial charge in [-0.1, -0.05) is 42.5 Å². The number of ketones is 1. The highest BCUT2D eigenvalue weighted by Crippen LogP contribution is 2.27. The molecule has 0 aromatic heterocycles. The quantitative estimate of drug-likeness (QED) is 0.516. The molecule has 1 unspecified atom stereocenters. The number of nitrogens with one attached hydrogen (secondary N) is 1. The van der Waals surface area contributed by atoms with Crippen LogP contribution in [-0.2, 0) is 12.8 Å². The summed E-state index contributed by atoms with van der Waals surface area (Å²) in [5.41, 5.74) is 4.92. The van der Waals surface area contributed by atoms with Crippen molar-refractivity contribution in [2.24, 2.45) is 5.92 Å². The molecule has 3 aliphatic rings. The summed E-state index contributed by atoms with van der Waals surface area (Å²) in [5.74, 6) is -0.743. The van der Waals surface area contributed by atoms with E-state index in [0.29, 0.717) is 12.0 Å². The van der Waals surface area contributed by atoms with Crippen LogP contribution >= 0.6 is 0 Å². The Morgan fingerprint density at radius 2 is 1.49 bits per heavy atom. The Bertz CT molecular complexity index is 1470. The third-order valence-electron chi connectivity index (χ3n) is 6.54. The lowest BCUT2D eigenvalue weighted by atomic mass is 9.82. The van der Waals surface area contributed by atoms with Gasteiger partial charge < -0.3 is 5.32 Å². The fourth-order valence-corrected chi connectivity index (χ4v) is 4.79. The van der Waals surface area contributed by atoms with Crippen molar-refractivity contribution in [1.29, 1.82) is 0 Å². The number of fused-ring (bicyclic) bond motifs is 5. The van der Waals surface area contributed by atoms with Gasteiger partial charge in [0.2, 0.25) is 0 Å². The Labute approximate surface area is 203 Å². The zero-order valence-corrected chi connectivity index (χ0v) is 19.2. The fraction of sp³-hybridized carbons (Fsp3) is 0.129. The van der Waals surface area contributed by atoms with E-state index in [4.69, 9.17) is 0 Å². The summed E-state index contributed by atoms with van der Waals surface area (Å²) < 4.78 is 26.8. The molecule has 2 nitrogen and oxygen atoms in total. The minimum Gasteiger partial charge on any atom is -0.368 e. The van der Waals surface area contributed by atoms with Crippen LogP contribution in [0, 0.1) is 17.6 Å². The third-order valence-corrected chi connectivity index (χ3v) is 6.54. The van der Waals surface area contributed by atoms with E-state index in [1.54, 1.807) is 18.2 Å². The fourth-order valence-electron chi connectivity index (χ4n) is 4.79. The average Bonchev–Trinajstić information content (AvgIpc) is 3.21. The van der Waals surface area contributed by atoms with Gasteiger partial charge in [0.1, 0.15) is 11.6 Å². The van der Waals surface area contributed by atoms with Crippen LogP contribution in [0.2, 0.25) is 0 Å². The van der Waals surface area contributed by atoms with E-state index in [1.807, 2.05) is 42.8 Å². The van der Waals surface area contributed by atoms with Gasteiger partial charge in [0.05, 0.1) is 0 Å². The SMILES string of the molecule is C1=CC=CNC=C1.O=C(c1ccc(F)cc1)C1C=c2c(ccc3c2=CCc2cc(F)ccc2-3)CC1. The average molecular weight is 466 g/mol. The molecule has 3 aromatic rings. The number of halogens is 2. The van der Waals surface area contributed by atoms with Crippen LogP contribution in [0.4, 0.5) is 8.78 Å². The van der Waals surface area contributed by atoms with Crippen molar-refractivity contribution in [3.05, 3.63) is 130 Å². The lowest BCUT2D eigenvalue weighted by molar-refractivity contribution is 0.0946. The Morgan fingerprint density at radius 3 is 2.26 bits per heavy atom. The standard InChI is InChI=1S/C25H18F2O.C6H7N/c26-19-7-3-16(4-8-19)25(28)18-2-1-15-5-10-22-21-12-9-20(27)13-17(21)6-11-23(22)24(15)14-18;1-2-4-6-7-5-3-1/h3-5,7-14,18H,1-2,6H2;1-7H. The van der Waals surface area contributed by atoms with Crippen LogP contribution in [0.15, 0.2) is 91.3 Å². The highest BCUT2D eigenvalue weighted by atomic mass is 19.1. The van der Waals surface area contributed by atoms with Gasteiger partial charge in [0, 0.05) is 23.9 Å². The number of allylic oxidation sites excluding steroid dienone is 4. The topological polar surface area (TPSA) is 29.1 Å². The highest BCUT2D eigenvalue weighted by molar-refractivity contribution is 6.01. The second-order valence-corrected chi connectivity index (χ2v) is 8.76. The normalized spacial score (nSPS) is 16.7. The monoisotopic (exact) mass is 465 g/mol. The number of carbonyl (C=O) groups is 1. The van der Waals surface area contributed by atoms with Gasteiger partial charge >= 0.3 is 0 Å². The van der Waals surface area contributed by atoms with Crippen LogP contribution in [0.5, 0.6) is 0 Å². The van der Waals surface area contributed by atoms with E-state index in [-0.39, 0.29) is 23.3 Å². The van der Waals surface area contributed by atoms with E-state index in [0.717, 1.165) is 40.0 Å². The molecule has 0 radical (unpaired) electrons. The number of Topliss-reactive ketones (excluding diaryl/α,β-unsaturated/α-hetero) is 1. The van der Waals surface area contributed by atoms with Gasteiger partial charge in [0.15, 0.2) is 5.78 Å². The molecule has 35 heavy (non-hydrogen) atoms. The maximum absolute atomic E-state index is 13.6. The molecule has 3 aromatic carbocycles. The van der Waals surface area contributed by atoms with Crippen molar-refractivity contribution in [3.63, 3.8) is 0 Å². The van der Waals surface area contributed by atoms with Crippen LogP contribution in [0.25, 0.3) is 23.3 Å². The molecule has 6 rings (SSSR count). The predicted octanol–water partition coefficient (Wildman–Crippen LogP) is 5.37. The number of carbonyl (C=O) groups excluding carboxylic acids is 1. The van der Waals surface area contributed by atoms with Crippen molar-refractivity contribution in [2.45, 2.75) is 19.3 Å². The van der Waals surface area contributed by atoms with Crippen LogP contribution in [-0.4, -0.2) is 5.78 Å². The van der Waals surface area contributed by atoms with Gasteiger partial charge in [-0.3, -0.25) is 4.79 Å². The first-order valence-corrected chi connectivity index (χ1v) is 11.8. The number of rotatable bonds is 2. The van der Waals surface area contributed by atoms with Crippen molar-refractivity contribution in [3.8, 4) is 11.1 Å². The smallest absolute Gasteiger partial charge is 0.169 e. The molecule has 1 heterocycles. The molecule has 1 N–H and O–H groups in total. The van der Waals surface area contributed by atoms with E-state index in [9.17, 15) is 13.6 Å². The minimum atomic E-state index is -0.340. The minimum absolute atomic E-state index is 0.0292. The second-order valence-electron chi connectivity index (χ2n) is 8.76. The lowest BCUT2D eigenvalue weighted by Crippen LogP contribution is -2.37. The molecule has 174 valence electrons. The summed E-state index contributed by atoms with van der Waals surface area (Å²) in [7, 11) is 0. The zero-order valence-electron chi connectivity index (χ0n) is 19.2. The third kappa shape index (κ3) is 4.92. The van der Waals surface area contributed by atoms with Crippen LogP contribution in [0.3, 0.4) is 0 Å². The number of hydrogen-bond donors (Lipinski definition) is 1. The molecule has 0 saturated heterocycles. The molecule has 4 heteroatoms. The van der Waals surface area contributed by atoms with E-state index < -0.39 is 0 Å². The molecule has 0 bridgehead atoms. The Balaban J connectivity index is 0.000000313. The maximum atomic E-state index is 13.6.